The summed E-state index contributed by atoms with van der Waals surface area (Å²) >= 11 is 0. The van der Waals surface area contributed by atoms with E-state index in [2.05, 4.69) is 0 Å². The summed E-state index contributed by atoms with van der Waals surface area (Å²) in [5.41, 5.74) is -1.78. The van der Waals surface area contributed by atoms with Crippen LogP contribution < -0.4 is 0 Å². The molecule has 1 aliphatic rings. The third-order valence-corrected chi connectivity index (χ3v) is 3.62. The first kappa shape index (κ1) is 12.9. The summed E-state index contributed by atoms with van der Waals surface area (Å²) < 4.78 is 39.0. The van der Waals surface area contributed by atoms with Crippen LogP contribution in [0.5, 0.6) is 0 Å². The van der Waals surface area contributed by atoms with Gasteiger partial charge in [0.1, 0.15) is 5.82 Å². The summed E-state index contributed by atoms with van der Waals surface area (Å²) in [5, 5.41) is 9.32. The number of alkyl halides is 2. The number of aliphatic carboxylic acids is 1. The van der Waals surface area contributed by atoms with Gasteiger partial charge >= 0.3 is 5.97 Å². The van der Waals surface area contributed by atoms with E-state index in [-0.39, 0.29) is 11.1 Å². The van der Waals surface area contributed by atoms with Crippen LogP contribution in [-0.2, 0) is 10.2 Å². The lowest BCUT2D eigenvalue weighted by atomic mass is 9.78. The van der Waals surface area contributed by atoms with Crippen LogP contribution in [0.3, 0.4) is 0 Å². The highest BCUT2D eigenvalue weighted by Crippen LogP contribution is 2.43. The van der Waals surface area contributed by atoms with Gasteiger partial charge in [-0.05, 0) is 25.0 Å². The van der Waals surface area contributed by atoms with Gasteiger partial charge in [-0.1, -0.05) is 18.9 Å². The monoisotopic (exact) mass is 258 g/mol. The fourth-order valence-corrected chi connectivity index (χ4v) is 2.62. The summed E-state index contributed by atoms with van der Waals surface area (Å²) in [7, 11) is 0. The Morgan fingerprint density at radius 1 is 1.28 bits per heavy atom. The Labute approximate surface area is 102 Å². The van der Waals surface area contributed by atoms with Gasteiger partial charge in [-0.15, -0.1) is 0 Å². The number of rotatable bonds is 3. The average Bonchev–Trinajstić information content (AvgIpc) is 2.79. The summed E-state index contributed by atoms with van der Waals surface area (Å²) in [6.45, 7) is 0. The van der Waals surface area contributed by atoms with Crippen molar-refractivity contribution >= 4 is 5.97 Å². The van der Waals surface area contributed by atoms with Crippen molar-refractivity contribution < 1.29 is 23.1 Å². The molecule has 1 fully saturated rings. The number of carboxylic acid groups (broad SMARTS) is 1. The van der Waals surface area contributed by atoms with Crippen LogP contribution in [0.4, 0.5) is 13.2 Å². The minimum atomic E-state index is -2.73. The molecule has 0 radical (unpaired) electrons. The van der Waals surface area contributed by atoms with Crippen molar-refractivity contribution in [3.05, 3.63) is 35.1 Å². The first-order chi connectivity index (χ1) is 8.47. The minimum Gasteiger partial charge on any atom is -0.481 e. The molecule has 5 heteroatoms. The maximum Gasteiger partial charge on any atom is 0.314 e. The van der Waals surface area contributed by atoms with Gasteiger partial charge in [0.15, 0.2) is 0 Å². The van der Waals surface area contributed by atoms with Crippen LogP contribution in [0.15, 0.2) is 18.2 Å². The van der Waals surface area contributed by atoms with Crippen LogP contribution >= 0.6 is 0 Å². The van der Waals surface area contributed by atoms with Crippen molar-refractivity contribution in [3.8, 4) is 0 Å². The molecule has 98 valence electrons. The molecule has 18 heavy (non-hydrogen) atoms. The first-order valence-electron chi connectivity index (χ1n) is 5.79. The lowest BCUT2D eigenvalue weighted by Gasteiger charge is -2.25. The average molecular weight is 258 g/mol. The number of carbonyl (C=O) groups is 1. The standard InChI is InChI=1S/C13H13F3O2/c14-10-4-3-8(11(15)16)7-9(10)13(12(17)18)5-1-2-6-13/h3-4,7,11H,1-2,5-6H2,(H,17,18). The third kappa shape index (κ3) is 1.98. The van der Waals surface area contributed by atoms with E-state index in [1.54, 1.807) is 0 Å². The molecule has 1 aliphatic carbocycles. The largest absolute Gasteiger partial charge is 0.481 e. The van der Waals surface area contributed by atoms with E-state index in [0.29, 0.717) is 25.7 Å². The van der Waals surface area contributed by atoms with Gasteiger partial charge < -0.3 is 5.11 Å². The highest BCUT2D eigenvalue weighted by atomic mass is 19.3. The SMILES string of the molecule is O=C(O)C1(c2cc(C(F)F)ccc2F)CCCC1. The van der Waals surface area contributed by atoms with Gasteiger partial charge in [-0.25, -0.2) is 13.2 Å². The molecule has 2 nitrogen and oxygen atoms in total. The van der Waals surface area contributed by atoms with E-state index in [1.807, 2.05) is 0 Å². The lowest BCUT2D eigenvalue weighted by Crippen LogP contribution is -2.33. The molecular weight excluding hydrogens is 245 g/mol. The van der Waals surface area contributed by atoms with E-state index in [4.69, 9.17) is 0 Å². The summed E-state index contributed by atoms with van der Waals surface area (Å²) in [6.07, 6.45) is -0.788. The molecular formula is C13H13F3O2. The summed E-state index contributed by atoms with van der Waals surface area (Å²) in [4.78, 5) is 11.4. The van der Waals surface area contributed by atoms with Crippen LogP contribution in [0.1, 0.15) is 43.2 Å². The smallest absolute Gasteiger partial charge is 0.314 e. The number of hydrogen-bond donors (Lipinski definition) is 1. The topological polar surface area (TPSA) is 37.3 Å². The zero-order valence-electron chi connectivity index (χ0n) is 9.63. The van der Waals surface area contributed by atoms with Gasteiger partial charge in [0.25, 0.3) is 6.43 Å². The molecule has 0 unspecified atom stereocenters. The van der Waals surface area contributed by atoms with Crippen molar-refractivity contribution in [1.29, 1.82) is 0 Å². The van der Waals surface area contributed by atoms with Gasteiger partial charge in [0.05, 0.1) is 5.41 Å². The molecule has 0 heterocycles. The van der Waals surface area contributed by atoms with E-state index in [0.717, 1.165) is 18.2 Å². The van der Waals surface area contributed by atoms with Gasteiger partial charge in [0, 0.05) is 11.1 Å². The molecule has 1 aromatic carbocycles. The molecule has 1 saturated carbocycles. The molecule has 1 N–H and O–H groups in total. The van der Waals surface area contributed by atoms with Gasteiger partial charge in [0.2, 0.25) is 0 Å². The van der Waals surface area contributed by atoms with Crippen molar-refractivity contribution in [2.24, 2.45) is 0 Å². The van der Waals surface area contributed by atoms with Crippen molar-refractivity contribution in [2.75, 3.05) is 0 Å². The Bertz CT molecular complexity index is 465. The fourth-order valence-electron chi connectivity index (χ4n) is 2.62. The maximum absolute atomic E-state index is 13.8. The quantitative estimate of drug-likeness (QED) is 0.898. The first-order valence-corrected chi connectivity index (χ1v) is 5.79. The summed E-state index contributed by atoms with van der Waals surface area (Å²) in [5.74, 6) is -1.85. The Hall–Kier alpha value is -1.52. The van der Waals surface area contributed by atoms with E-state index < -0.39 is 23.6 Å². The van der Waals surface area contributed by atoms with Crippen molar-refractivity contribution in [3.63, 3.8) is 0 Å². The second kappa shape index (κ2) is 4.63. The second-order valence-electron chi connectivity index (χ2n) is 4.63. The Kier molecular flexibility index (Phi) is 3.32. The van der Waals surface area contributed by atoms with Crippen LogP contribution in [0, 0.1) is 5.82 Å². The van der Waals surface area contributed by atoms with Gasteiger partial charge in [-0.2, -0.15) is 0 Å². The Morgan fingerprint density at radius 2 is 1.89 bits per heavy atom. The molecule has 0 amide bonds. The summed E-state index contributed by atoms with van der Waals surface area (Å²) in [6, 6.07) is 2.92. The molecule has 1 aromatic rings. The highest BCUT2D eigenvalue weighted by molar-refractivity contribution is 5.82. The fraction of sp³-hybridized carbons (Fsp3) is 0.462. The van der Waals surface area contributed by atoms with Crippen LogP contribution in [0.2, 0.25) is 0 Å². The molecule has 0 aromatic heterocycles. The molecule has 0 aliphatic heterocycles. The van der Waals surface area contributed by atoms with E-state index in [1.165, 1.54) is 0 Å². The predicted octanol–water partition coefficient (Wildman–Crippen LogP) is 3.66. The molecule has 2 rings (SSSR count). The molecule has 0 atom stereocenters. The van der Waals surface area contributed by atoms with Crippen molar-refractivity contribution in [1.82, 2.24) is 0 Å². The predicted molar refractivity (Wildman–Crippen MR) is 59.1 cm³/mol. The molecule has 0 bridgehead atoms. The number of hydrogen-bond acceptors (Lipinski definition) is 1. The molecule has 0 saturated heterocycles. The van der Waals surface area contributed by atoms with Gasteiger partial charge in [-0.3, -0.25) is 4.79 Å². The van der Waals surface area contributed by atoms with Crippen LogP contribution in [-0.4, -0.2) is 11.1 Å². The zero-order valence-corrected chi connectivity index (χ0v) is 9.63. The van der Waals surface area contributed by atoms with E-state index in [9.17, 15) is 23.1 Å². The number of benzene rings is 1. The number of halogens is 3. The van der Waals surface area contributed by atoms with Crippen LogP contribution in [0.25, 0.3) is 0 Å². The maximum atomic E-state index is 13.8. The Balaban J connectivity index is 2.54. The third-order valence-electron chi connectivity index (χ3n) is 3.62. The van der Waals surface area contributed by atoms with Crippen molar-refractivity contribution in [2.45, 2.75) is 37.5 Å². The number of carboxylic acids is 1. The lowest BCUT2D eigenvalue weighted by molar-refractivity contribution is -0.143. The zero-order chi connectivity index (χ0) is 13.3. The Morgan fingerprint density at radius 3 is 2.39 bits per heavy atom. The molecule has 0 spiro atoms. The van der Waals surface area contributed by atoms with E-state index >= 15 is 0 Å². The minimum absolute atomic E-state index is 0.106. The second-order valence-corrected chi connectivity index (χ2v) is 4.63. The normalized spacial score (nSPS) is 18.2. The highest BCUT2D eigenvalue weighted by Gasteiger charge is 2.44.